The van der Waals surface area contributed by atoms with Crippen molar-refractivity contribution in [1.29, 1.82) is 0 Å². The summed E-state index contributed by atoms with van der Waals surface area (Å²) in [6, 6.07) is 0. The highest BCUT2D eigenvalue weighted by atomic mass is 16.1. The molecule has 0 bridgehead atoms. The van der Waals surface area contributed by atoms with Crippen LogP contribution < -0.4 is 5.32 Å². The van der Waals surface area contributed by atoms with Gasteiger partial charge >= 0.3 is 0 Å². The van der Waals surface area contributed by atoms with Crippen LogP contribution >= 0.6 is 0 Å². The maximum atomic E-state index is 10.9. The quantitative estimate of drug-likeness (QED) is 0.724. The molecule has 0 radical (unpaired) electrons. The fourth-order valence-electron chi connectivity index (χ4n) is 3.10. The van der Waals surface area contributed by atoms with E-state index in [1.807, 2.05) is 0 Å². The largest absolute Gasteiger partial charge is 0.356 e. The zero-order valence-electron chi connectivity index (χ0n) is 9.89. The molecule has 0 aromatic rings. The monoisotopic (exact) mass is 197 g/mol. The summed E-state index contributed by atoms with van der Waals surface area (Å²) >= 11 is 0. The molecule has 1 fully saturated rings. The van der Waals surface area contributed by atoms with Gasteiger partial charge in [-0.05, 0) is 36.5 Å². The van der Waals surface area contributed by atoms with Gasteiger partial charge in [-0.1, -0.05) is 20.8 Å². The molecule has 2 nitrogen and oxygen atoms in total. The number of carbonyl (C=O) groups excluding carboxylic acids is 1. The van der Waals surface area contributed by atoms with Gasteiger partial charge < -0.3 is 5.32 Å². The fourth-order valence-corrected chi connectivity index (χ4v) is 3.10. The van der Waals surface area contributed by atoms with Crippen molar-refractivity contribution in [2.75, 3.05) is 6.54 Å². The Labute approximate surface area is 87.5 Å². The molecule has 1 amide bonds. The summed E-state index contributed by atoms with van der Waals surface area (Å²) in [5, 5.41) is 2.96. The van der Waals surface area contributed by atoms with E-state index in [0.29, 0.717) is 5.41 Å². The second-order valence-corrected chi connectivity index (χ2v) is 5.57. The Hall–Kier alpha value is -0.530. The van der Waals surface area contributed by atoms with Crippen molar-refractivity contribution in [2.45, 2.75) is 47.0 Å². The molecule has 1 aliphatic carbocycles. The van der Waals surface area contributed by atoms with Crippen LogP contribution in [0.2, 0.25) is 0 Å². The highest BCUT2D eigenvalue weighted by molar-refractivity contribution is 5.72. The van der Waals surface area contributed by atoms with Crippen LogP contribution in [-0.2, 0) is 4.79 Å². The lowest BCUT2D eigenvalue weighted by atomic mass is 9.67. The zero-order chi connectivity index (χ0) is 10.8. The van der Waals surface area contributed by atoms with E-state index in [1.165, 1.54) is 19.3 Å². The fraction of sp³-hybridized carbons (Fsp3) is 0.917. The van der Waals surface area contributed by atoms with Crippen LogP contribution in [0.3, 0.4) is 0 Å². The predicted octanol–water partition coefficient (Wildman–Crippen LogP) is 2.58. The van der Waals surface area contributed by atoms with Crippen LogP contribution in [0.15, 0.2) is 0 Å². The molecule has 1 saturated carbocycles. The minimum absolute atomic E-state index is 0.0945. The Balaban J connectivity index is 2.49. The maximum Gasteiger partial charge on any atom is 0.216 e. The molecule has 2 heteroatoms. The molecule has 0 aromatic carbocycles. The average molecular weight is 197 g/mol. The van der Waals surface area contributed by atoms with Gasteiger partial charge in [-0.25, -0.2) is 0 Å². The van der Waals surface area contributed by atoms with Crippen LogP contribution in [0, 0.1) is 17.3 Å². The molecule has 82 valence electrons. The van der Waals surface area contributed by atoms with Gasteiger partial charge in [0.1, 0.15) is 0 Å². The second kappa shape index (κ2) is 4.33. The van der Waals surface area contributed by atoms with Gasteiger partial charge in [-0.2, -0.15) is 0 Å². The van der Waals surface area contributed by atoms with Gasteiger partial charge in [0.15, 0.2) is 0 Å². The van der Waals surface area contributed by atoms with Crippen molar-refractivity contribution < 1.29 is 4.79 Å². The van der Waals surface area contributed by atoms with E-state index in [2.05, 4.69) is 26.1 Å². The third kappa shape index (κ3) is 3.32. The minimum atomic E-state index is 0.0945. The Kier molecular flexibility index (Phi) is 3.57. The molecule has 14 heavy (non-hydrogen) atoms. The van der Waals surface area contributed by atoms with Gasteiger partial charge in [-0.3, -0.25) is 4.79 Å². The lowest BCUT2D eigenvalue weighted by Crippen LogP contribution is -2.39. The van der Waals surface area contributed by atoms with Crippen molar-refractivity contribution in [3.63, 3.8) is 0 Å². The van der Waals surface area contributed by atoms with Gasteiger partial charge in [-0.15, -0.1) is 0 Å². The van der Waals surface area contributed by atoms with Gasteiger partial charge in [0.25, 0.3) is 0 Å². The Morgan fingerprint density at radius 3 is 2.29 bits per heavy atom. The summed E-state index contributed by atoms with van der Waals surface area (Å²) in [7, 11) is 0. The number of carbonyl (C=O) groups is 1. The average Bonchev–Trinajstić information content (AvgIpc) is 1.98. The summed E-state index contributed by atoms with van der Waals surface area (Å²) in [5.74, 6) is 1.70. The van der Waals surface area contributed by atoms with Crippen LogP contribution in [-0.4, -0.2) is 12.5 Å². The van der Waals surface area contributed by atoms with Gasteiger partial charge in [0.05, 0.1) is 0 Å². The molecule has 0 saturated heterocycles. The molecule has 2 unspecified atom stereocenters. The molecule has 1 rings (SSSR count). The number of nitrogens with one attached hydrogen (secondary N) is 1. The lowest BCUT2D eigenvalue weighted by Gasteiger charge is -2.40. The third-order valence-electron chi connectivity index (χ3n) is 3.25. The van der Waals surface area contributed by atoms with E-state index in [0.717, 1.165) is 18.4 Å². The molecule has 3 atom stereocenters. The molecular formula is C12H23NO. The van der Waals surface area contributed by atoms with Crippen molar-refractivity contribution in [3.8, 4) is 0 Å². The van der Waals surface area contributed by atoms with Crippen molar-refractivity contribution in [2.24, 2.45) is 17.3 Å². The normalized spacial score (nSPS) is 38.0. The first-order chi connectivity index (χ1) is 6.41. The molecule has 1 N–H and O–H groups in total. The van der Waals surface area contributed by atoms with E-state index in [4.69, 9.17) is 0 Å². The van der Waals surface area contributed by atoms with Crippen molar-refractivity contribution >= 4 is 5.91 Å². The van der Waals surface area contributed by atoms with Crippen molar-refractivity contribution in [1.82, 2.24) is 5.32 Å². The first kappa shape index (κ1) is 11.5. The smallest absolute Gasteiger partial charge is 0.216 e. The van der Waals surface area contributed by atoms with Gasteiger partial charge in [0.2, 0.25) is 5.91 Å². The number of rotatable bonds is 2. The zero-order valence-corrected chi connectivity index (χ0v) is 9.89. The number of hydrogen-bond donors (Lipinski definition) is 1. The first-order valence-corrected chi connectivity index (χ1v) is 5.66. The van der Waals surface area contributed by atoms with Crippen LogP contribution in [0.4, 0.5) is 0 Å². The summed E-state index contributed by atoms with van der Waals surface area (Å²) < 4.78 is 0. The maximum absolute atomic E-state index is 10.9. The van der Waals surface area contributed by atoms with Crippen LogP contribution in [0.1, 0.15) is 47.0 Å². The Morgan fingerprint density at radius 2 is 1.86 bits per heavy atom. The topological polar surface area (TPSA) is 29.1 Å². The van der Waals surface area contributed by atoms with E-state index < -0.39 is 0 Å². The van der Waals surface area contributed by atoms with E-state index in [1.54, 1.807) is 6.92 Å². The van der Waals surface area contributed by atoms with Crippen LogP contribution in [0.5, 0.6) is 0 Å². The summed E-state index contributed by atoms with van der Waals surface area (Å²) in [4.78, 5) is 10.9. The highest BCUT2D eigenvalue weighted by Gasteiger charge is 2.33. The van der Waals surface area contributed by atoms with E-state index in [-0.39, 0.29) is 5.91 Å². The second-order valence-electron chi connectivity index (χ2n) is 5.57. The van der Waals surface area contributed by atoms with Gasteiger partial charge in [0, 0.05) is 13.5 Å². The number of amides is 1. The SMILES string of the molecule is CC(=O)NCC1(C)CC(C)C[C@H](C)C1. The molecule has 0 spiro atoms. The first-order valence-electron chi connectivity index (χ1n) is 5.66. The van der Waals surface area contributed by atoms with E-state index in [9.17, 15) is 4.79 Å². The van der Waals surface area contributed by atoms with Crippen LogP contribution in [0.25, 0.3) is 0 Å². The third-order valence-corrected chi connectivity index (χ3v) is 3.25. The highest BCUT2D eigenvalue weighted by Crippen LogP contribution is 2.41. The minimum Gasteiger partial charge on any atom is -0.356 e. The Bertz CT molecular complexity index is 202. The molecule has 0 aliphatic heterocycles. The van der Waals surface area contributed by atoms with E-state index >= 15 is 0 Å². The van der Waals surface area contributed by atoms with Crippen molar-refractivity contribution in [3.05, 3.63) is 0 Å². The summed E-state index contributed by atoms with van der Waals surface area (Å²) in [6.45, 7) is 9.38. The Morgan fingerprint density at radius 1 is 1.36 bits per heavy atom. The molecule has 0 aromatic heterocycles. The molecule has 0 heterocycles. The molecular weight excluding hydrogens is 174 g/mol. The predicted molar refractivity (Wildman–Crippen MR) is 59.0 cm³/mol. The number of hydrogen-bond acceptors (Lipinski definition) is 1. The summed E-state index contributed by atoms with van der Waals surface area (Å²) in [5.41, 5.74) is 0.322. The lowest BCUT2D eigenvalue weighted by molar-refractivity contribution is -0.119. The standard InChI is InChI=1S/C12H23NO/c1-9-5-10(2)7-12(4,6-9)8-13-11(3)14/h9-10H,5-8H2,1-4H3,(H,13,14)/t9-,10?,12?/m0/s1. The molecule has 1 aliphatic rings. The summed E-state index contributed by atoms with van der Waals surface area (Å²) in [6.07, 6.45) is 3.84.